The van der Waals surface area contributed by atoms with Gasteiger partial charge in [-0.15, -0.1) is 0 Å². The Morgan fingerprint density at radius 1 is 1.19 bits per heavy atom. The van der Waals surface area contributed by atoms with Gasteiger partial charge in [0.05, 0.1) is 17.8 Å². The molecule has 1 aromatic rings. The lowest BCUT2D eigenvalue weighted by atomic mass is 10.0. The van der Waals surface area contributed by atoms with Gasteiger partial charge in [-0.2, -0.15) is 4.31 Å². The zero-order chi connectivity index (χ0) is 19.6. The minimum absolute atomic E-state index is 0.147. The molecule has 1 aliphatic heterocycles. The number of methoxy groups -OCH3 is 1. The number of ketones is 1. The van der Waals surface area contributed by atoms with E-state index in [0.717, 1.165) is 5.56 Å². The number of carbonyl (C=O) groups excluding carboxylic acids is 2. The summed E-state index contributed by atoms with van der Waals surface area (Å²) in [6.07, 6.45) is 2.22. The van der Waals surface area contributed by atoms with Gasteiger partial charge in [0.1, 0.15) is 6.04 Å². The van der Waals surface area contributed by atoms with E-state index in [-0.39, 0.29) is 17.2 Å². The summed E-state index contributed by atoms with van der Waals surface area (Å²) in [6.45, 7) is 2.12. The molecular formula is C19H23NO6S. The molecule has 2 aliphatic rings. The number of rotatable bonds is 5. The first-order valence-electron chi connectivity index (χ1n) is 8.90. The molecule has 1 saturated heterocycles. The van der Waals surface area contributed by atoms with Gasteiger partial charge in [-0.1, -0.05) is 17.7 Å². The van der Waals surface area contributed by atoms with Crippen LogP contribution in [0.5, 0.6) is 0 Å². The molecule has 1 fully saturated rings. The largest absolute Gasteiger partial charge is 0.501 e. The van der Waals surface area contributed by atoms with Gasteiger partial charge in [0.2, 0.25) is 10.0 Å². The smallest absolute Gasteiger partial charge is 0.325 e. The monoisotopic (exact) mass is 393 g/mol. The summed E-state index contributed by atoms with van der Waals surface area (Å²) >= 11 is 0. The first-order valence-corrected chi connectivity index (χ1v) is 10.3. The van der Waals surface area contributed by atoms with E-state index >= 15 is 0 Å². The highest BCUT2D eigenvalue weighted by Gasteiger charge is 2.41. The second-order valence-corrected chi connectivity index (χ2v) is 8.66. The fourth-order valence-corrected chi connectivity index (χ4v) is 4.99. The van der Waals surface area contributed by atoms with Crippen molar-refractivity contribution in [2.75, 3.05) is 13.7 Å². The van der Waals surface area contributed by atoms with E-state index in [4.69, 9.17) is 9.47 Å². The Labute approximate surface area is 159 Å². The quantitative estimate of drug-likeness (QED) is 0.711. The van der Waals surface area contributed by atoms with E-state index in [2.05, 4.69) is 0 Å². The van der Waals surface area contributed by atoms with Crippen LogP contribution in [-0.4, -0.2) is 50.3 Å². The molecule has 3 rings (SSSR count). The Morgan fingerprint density at radius 3 is 2.52 bits per heavy atom. The molecule has 7 nitrogen and oxygen atoms in total. The Kier molecular flexibility index (Phi) is 5.67. The number of carbonyl (C=O) groups is 2. The normalized spacial score (nSPS) is 23.8. The maximum atomic E-state index is 12.9. The minimum Gasteiger partial charge on any atom is -0.501 e. The highest BCUT2D eigenvalue weighted by molar-refractivity contribution is 7.89. The number of ether oxygens (including phenoxy) is 2. The molecule has 2 atom stereocenters. The van der Waals surface area contributed by atoms with E-state index < -0.39 is 28.1 Å². The van der Waals surface area contributed by atoms with Crippen LogP contribution < -0.4 is 0 Å². The lowest BCUT2D eigenvalue weighted by Crippen LogP contribution is -2.43. The summed E-state index contributed by atoms with van der Waals surface area (Å²) in [5, 5.41) is 0. The van der Waals surface area contributed by atoms with Crippen LogP contribution in [0.2, 0.25) is 0 Å². The van der Waals surface area contributed by atoms with Gasteiger partial charge >= 0.3 is 5.97 Å². The molecule has 0 amide bonds. The predicted molar refractivity (Wildman–Crippen MR) is 97.3 cm³/mol. The fraction of sp³-hybridized carbons (Fsp3) is 0.474. The molecule has 1 aliphatic carbocycles. The van der Waals surface area contributed by atoms with Gasteiger partial charge < -0.3 is 9.47 Å². The summed E-state index contributed by atoms with van der Waals surface area (Å²) in [4.78, 5) is 24.8. The number of sulfonamides is 1. The molecule has 27 heavy (non-hydrogen) atoms. The topological polar surface area (TPSA) is 90.0 Å². The van der Waals surface area contributed by atoms with Crippen LogP contribution in [0, 0.1) is 6.92 Å². The van der Waals surface area contributed by atoms with Crippen LogP contribution in [0.3, 0.4) is 0 Å². The van der Waals surface area contributed by atoms with Gasteiger partial charge in [-0.05, 0) is 38.3 Å². The van der Waals surface area contributed by atoms with Crippen molar-refractivity contribution in [3.63, 3.8) is 0 Å². The van der Waals surface area contributed by atoms with Crippen LogP contribution in [0.1, 0.15) is 31.2 Å². The van der Waals surface area contributed by atoms with Crippen molar-refractivity contribution in [3.8, 4) is 0 Å². The summed E-state index contributed by atoms with van der Waals surface area (Å²) in [5.74, 6) is -0.454. The number of nitrogens with zero attached hydrogens (tertiary/aromatic N) is 1. The molecule has 0 bridgehead atoms. The Morgan fingerprint density at radius 2 is 1.89 bits per heavy atom. The summed E-state index contributed by atoms with van der Waals surface area (Å²) in [5.41, 5.74) is 0.950. The number of esters is 1. The van der Waals surface area contributed by atoms with Gasteiger partial charge in [0, 0.05) is 19.0 Å². The third-order valence-corrected chi connectivity index (χ3v) is 6.82. The number of aryl methyl sites for hydroxylation is 1. The van der Waals surface area contributed by atoms with E-state index in [1.807, 2.05) is 6.92 Å². The Hall–Kier alpha value is -2.19. The van der Waals surface area contributed by atoms with E-state index in [1.54, 1.807) is 12.1 Å². The average Bonchev–Trinajstić information content (AvgIpc) is 3.14. The van der Waals surface area contributed by atoms with Crippen molar-refractivity contribution in [3.05, 3.63) is 41.7 Å². The molecule has 0 spiro atoms. The van der Waals surface area contributed by atoms with Crippen LogP contribution >= 0.6 is 0 Å². The number of hydrogen-bond acceptors (Lipinski definition) is 6. The van der Waals surface area contributed by atoms with Crippen molar-refractivity contribution >= 4 is 21.8 Å². The van der Waals surface area contributed by atoms with Crippen molar-refractivity contribution in [2.45, 2.75) is 49.6 Å². The highest BCUT2D eigenvalue weighted by atomic mass is 32.2. The van der Waals surface area contributed by atoms with Crippen LogP contribution in [0.15, 0.2) is 41.0 Å². The fourth-order valence-electron chi connectivity index (χ4n) is 3.35. The minimum atomic E-state index is -3.80. The summed E-state index contributed by atoms with van der Waals surface area (Å²) in [7, 11) is -2.32. The molecule has 146 valence electrons. The molecule has 0 N–H and O–H groups in total. The van der Waals surface area contributed by atoms with Gasteiger partial charge in [-0.3, -0.25) is 9.59 Å². The molecule has 1 unspecified atom stereocenters. The SMILES string of the molecule is COC1=CC(=O)C(OC(=O)[C@@H]2CCCN2S(=O)(=O)c2ccc(C)cc2)CC1. The van der Waals surface area contributed by atoms with E-state index in [1.165, 1.54) is 29.6 Å². The van der Waals surface area contributed by atoms with Gasteiger partial charge in [0.15, 0.2) is 11.9 Å². The maximum absolute atomic E-state index is 12.9. The molecule has 0 radical (unpaired) electrons. The number of allylic oxidation sites excluding steroid dienone is 1. The predicted octanol–water partition coefficient (Wildman–Crippen LogP) is 1.95. The van der Waals surface area contributed by atoms with Crippen molar-refractivity contribution in [1.82, 2.24) is 4.31 Å². The summed E-state index contributed by atoms with van der Waals surface area (Å²) in [6, 6.07) is 5.60. The molecule has 0 saturated carbocycles. The Balaban J connectivity index is 1.74. The summed E-state index contributed by atoms with van der Waals surface area (Å²) < 4.78 is 37.4. The molecule has 8 heteroatoms. The third-order valence-electron chi connectivity index (χ3n) is 4.90. The second-order valence-electron chi connectivity index (χ2n) is 6.77. The first-order chi connectivity index (χ1) is 12.8. The van der Waals surface area contributed by atoms with Crippen LogP contribution in [0.25, 0.3) is 0 Å². The molecule has 0 aromatic heterocycles. The Bertz CT molecular complexity index is 859. The van der Waals surface area contributed by atoms with Crippen molar-refractivity contribution < 1.29 is 27.5 Å². The van der Waals surface area contributed by atoms with E-state index in [9.17, 15) is 18.0 Å². The zero-order valence-corrected chi connectivity index (χ0v) is 16.2. The average molecular weight is 393 g/mol. The molecule has 1 aromatic carbocycles. The van der Waals surface area contributed by atoms with Gasteiger partial charge in [-0.25, -0.2) is 8.42 Å². The molecular weight excluding hydrogens is 370 g/mol. The van der Waals surface area contributed by atoms with Crippen molar-refractivity contribution in [2.24, 2.45) is 0 Å². The van der Waals surface area contributed by atoms with Crippen molar-refractivity contribution in [1.29, 1.82) is 0 Å². The van der Waals surface area contributed by atoms with Crippen LogP contribution in [-0.2, 0) is 29.1 Å². The second kappa shape index (κ2) is 7.82. The first kappa shape index (κ1) is 19.6. The lowest BCUT2D eigenvalue weighted by molar-refractivity contribution is -0.157. The highest BCUT2D eigenvalue weighted by Crippen LogP contribution is 2.28. The molecule has 1 heterocycles. The zero-order valence-electron chi connectivity index (χ0n) is 15.4. The maximum Gasteiger partial charge on any atom is 0.325 e. The number of benzene rings is 1. The third kappa shape index (κ3) is 4.06. The van der Waals surface area contributed by atoms with E-state index in [0.29, 0.717) is 31.4 Å². The lowest BCUT2D eigenvalue weighted by Gasteiger charge is -2.26. The van der Waals surface area contributed by atoms with Crippen LogP contribution in [0.4, 0.5) is 0 Å². The standard InChI is InChI=1S/C19H23NO6S/c1-13-5-8-15(9-6-13)27(23,24)20-11-3-4-16(20)19(22)26-18-10-7-14(25-2)12-17(18)21/h5-6,8-9,12,16,18H,3-4,7,10-11H2,1-2H3/t16-,18?/m0/s1. The van der Waals surface area contributed by atoms with Gasteiger partial charge in [0.25, 0.3) is 0 Å². The number of hydrogen-bond donors (Lipinski definition) is 0.